The van der Waals surface area contributed by atoms with E-state index >= 15 is 0 Å². The van der Waals surface area contributed by atoms with Gasteiger partial charge in [-0.25, -0.2) is 0 Å². The molecule has 1 aromatic carbocycles. The lowest BCUT2D eigenvalue weighted by molar-refractivity contribution is 0.251. The number of halogens is 1. The maximum Gasteiger partial charge on any atom is 0.190 e. The molecule has 2 N–H and O–H groups in total. The molecule has 2 rings (SSSR count). The monoisotopic (exact) mass is 294 g/mol. The third kappa shape index (κ3) is 3.87. The highest BCUT2D eigenvalue weighted by molar-refractivity contribution is 6.30. The van der Waals surface area contributed by atoms with Gasteiger partial charge in [-0.15, -0.1) is 0 Å². The van der Waals surface area contributed by atoms with Crippen LogP contribution in [0, 0.1) is 0 Å². The van der Waals surface area contributed by atoms with Gasteiger partial charge in [0.25, 0.3) is 0 Å². The summed E-state index contributed by atoms with van der Waals surface area (Å²) < 4.78 is 0. The van der Waals surface area contributed by atoms with E-state index in [4.69, 9.17) is 17.3 Å². The highest BCUT2D eigenvalue weighted by Gasteiger charge is 2.23. The highest BCUT2D eigenvalue weighted by atomic mass is 35.5. The summed E-state index contributed by atoms with van der Waals surface area (Å²) in [5, 5.41) is 0.774. The minimum atomic E-state index is 0.259. The first-order chi connectivity index (χ1) is 9.58. The number of guanidine groups is 1. The van der Waals surface area contributed by atoms with Crippen molar-refractivity contribution in [2.45, 2.75) is 18.9 Å². The Morgan fingerprint density at radius 3 is 2.70 bits per heavy atom. The molecule has 1 aromatic rings. The van der Waals surface area contributed by atoms with E-state index in [2.05, 4.69) is 16.0 Å². The largest absolute Gasteiger partial charge is 0.370 e. The second kappa shape index (κ2) is 6.95. The first-order valence-corrected chi connectivity index (χ1v) is 7.42. The number of aliphatic imine (C=N–C) groups is 1. The highest BCUT2D eigenvalue weighted by Crippen LogP contribution is 2.27. The van der Waals surface area contributed by atoms with Gasteiger partial charge in [-0.2, -0.15) is 0 Å². The molecule has 20 heavy (non-hydrogen) atoms. The Morgan fingerprint density at radius 2 is 2.10 bits per heavy atom. The lowest BCUT2D eigenvalue weighted by Gasteiger charge is -2.27. The van der Waals surface area contributed by atoms with Gasteiger partial charge in [0.05, 0.1) is 12.6 Å². The number of hydrogen-bond acceptors (Lipinski definition) is 2. The van der Waals surface area contributed by atoms with Gasteiger partial charge in [0.1, 0.15) is 0 Å². The minimum absolute atomic E-state index is 0.259. The molecule has 1 fully saturated rings. The molecular formula is C15H23ClN4. The van der Waals surface area contributed by atoms with Gasteiger partial charge in [-0.05, 0) is 43.6 Å². The molecular weight excluding hydrogens is 272 g/mol. The Labute approximate surface area is 126 Å². The third-order valence-electron chi connectivity index (χ3n) is 3.70. The van der Waals surface area contributed by atoms with Crippen LogP contribution in [0.5, 0.6) is 0 Å². The van der Waals surface area contributed by atoms with Gasteiger partial charge in [0, 0.05) is 19.1 Å². The molecule has 0 aromatic heterocycles. The molecule has 0 radical (unpaired) electrons. The van der Waals surface area contributed by atoms with Crippen molar-refractivity contribution in [3.8, 4) is 0 Å². The van der Waals surface area contributed by atoms with Crippen LogP contribution in [0.2, 0.25) is 5.02 Å². The molecule has 1 atom stereocenters. The van der Waals surface area contributed by atoms with Crippen LogP contribution in [0.3, 0.4) is 0 Å². The van der Waals surface area contributed by atoms with E-state index in [9.17, 15) is 0 Å². The van der Waals surface area contributed by atoms with Crippen molar-refractivity contribution in [3.05, 3.63) is 34.9 Å². The third-order valence-corrected chi connectivity index (χ3v) is 3.93. The smallest absolute Gasteiger partial charge is 0.190 e. The van der Waals surface area contributed by atoms with E-state index in [1.165, 1.54) is 18.4 Å². The van der Waals surface area contributed by atoms with Crippen molar-refractivity contribution < 1.29 is 0 Å². The Hall–Kier alpha value is -1.26. The lowest BCUT2D eigenvalue weighted by Crippen LogP contribution is -2.33. The number of likely N-dealkylation sites (tertiary alicyclic amines) is 1. The van der Waals surface area contributed by atoms with Gasteiger partial charge in [-0.1, -0.05) is 23.7 Å². The molecule has 0 bridgehead atoms. The van der Waals surface area contributed by atoms with Crippen LogP contribution in [-0.2, 0) is 0 Å². The fourth-order valence-corrected chi connectivity index (χ4v) is 2.72. The first-order valence-electron chi connectivity index (χ1n) is 7.04. The Kier molecular flexibility index (Phi) is 5.26. The zero-order valence-electron chi connectivity index (χ0n) is 12.2. The summed E-state index contributed by atoms with van der Waals surface area (Å²) in [6.45, 7) is 2.91. The zero-order valence-corrected chi connectivity index (χ0v) is 13.0. The standard InChI is InChI=1S/C15H23ClN4/c1-19(2)15(17)18-11-14(20-8-3-4-9-20)12-6-5-7-13(16)10-12/h5-7,10,14H,3-4,8-9,11H2,1-2H3,(H2,17,18)/t14-/m1/s1. The van der Waals surface area contributed by atoms with Crippen LogP contribution in [0.15, 0.2) is 29.3 Å². The summed E-state index contributed by atoms with van der Waals surface area (Å²) in [6, 6.07) is 8.32. The van der Waals surface area contributed by atoms with Crippen molar-refractivity contribution in [1.82, 2.24) is 9.80 Å². The summed E-state index contributed by atoms with van der Waals surface area (Å²) in [4.78, 5) is 8.81. The molecule has 1 aliphatic heterocycles. The van der Waals surface area contributed by atoms with E-state index in [0.717, 1.165) is 18.1 Å². The maximum absolute atomic E-state index is 6.12. The van der Waals surface area contributed by atoms with Gasteiger partial charge in [0.15, 0.2) is 5.96 Å². The molecule has 0 aliphatic carbocycles. The second-order valence-corrected chi connectivity index (χ2v) is 5.84. The van der Waals surface area contributed by atoms with Crippen LogP contribution in [0.25, 0.3) is 0 Å². The summed E-state index contributed by atoms with van der Waals surface area (Å²) in [5.74, 6) is 0.566. The van der Waals surface area contributed by atoms with E-state index in [1.54, 1.807) is 0 Å². The summed E-state index contributed by atoms with van der Waals surface area (Å²) >= 11 is 6.12. The molecule has 0 spiro atoms. The van der Waals surface area contributed by atoms with E-state index in [1.807, 2.05) is 37.2 Å². The molecule has 1 aliphatic rings. The zero-order chi connectivity index (χ0) is 14.5. The van der Waals surface area contributed by atoms with Crippen LogP contribution < -0.4 is 5.73 Å². The van der Waals surface area contributed by atoms with Crippen LogP contribution >= 0.6 is 11.6 Å². The average molecular weight is 295 g/mol. The average Bonchev–Trinajstić information content (AvgIpc) is 2.92. The molecule has 0 unspecified atom stereocenters. The SMILES string of the molecule is CN(C)C(N)=NC[C@H](c1cccc(Cl)c1)N1CCCC1. The predicted molar refractivity (Wildman–Crippen MR) is 85.2 cm³/mol. The topological polar surface area (TPSA) is 44.9 Å². The van der Waals surface area contributed by atoms with Crippen molar-refractivity contribution >= 4 is 17.6 Å². The van der Waals surface area contributed by atoms with Crippen molar-refractivity contribution in [2.24, 2.45) is 10.7 Å². The number of nitrogens with zero attached hydrogens (tertiary/aromatic N) is 3. The fraction of sp³-hybridized carbons (Fsp3) is 0.533. The van der Waals surface area contributed by atoms with Gasteiger partial charge in [-0.3, -0.25) is 9.89 Å². The molecule has 1 saturated heterocycles. The Bertz CT molecular complexity index is 467. The molecule has 4 nitrogen and oxygen atoms in total. The number of hydrogen-bond donors (Lipinski definition) is 1. The first kappa shape index (κ1) is 15.1. The number of benzene rings is 1. The van der Waals surface area contributed by atoms with Crippen molar-refractivity contribution in [2.75, 3.05) is 33.7 Å². The van der Waals surface area contributed by atoms with Crippen LogP contribution in [-0.4, -0.2) is 49.5 Å². The van der Waals surface area contributed by atoms with Gasteiger partial charge in [0.2, 0.25) is 0 Å². The Morgan fingerprint density at radius 1 is 1.40 bits per heavy atom. The van der Waals surface area contributed by atoms with Gasteiger partial charge >= 0.3 is 0 Å². The molecule has 0 saturated carbocycles. The molecule has 0 amide bonds. The number of rotatable bonds is 4. The summed E-state index contributed by atoms with van der Waals surface area (Å²) in [6.07, 6.45) is 2.51. The van der Waals surface area contributed by atoms with E-state index < -0.39 is 0 Å². The maximum atomic E-state index is 6.12. The predicted octanol–water partition coefficient (Wildman–Crippen LogP) is 2.35. The van der Waals surface area contributed by atoms with E-state index in [-0.39, 0.29) is 6.04 Å². The summed E-state index contributed by atoms with van der Waals surface area (Å²) in [7, 11) is 3.81. The van der Waals surface area contributed by atoms with Crippen LogP contribution in [0.1, 0.15) is 24.4 Å². The molecule has 1 heterocycles. The van der Waals surface area contributed by atoms with Crippen molar-refractivity contribution in [1.29, 1.82) is 0 Å². The van der Waals surface area contributed by atoms with Crippen LogP contribution in [0.4, 0.5) is 0 Å². The quantitative estimate of drug-likeness (QED) is 0.685. The second-order valence-electron chi connectivity index (χ2n) is 5.41. The summed E-state index contributed by atoms with van der Waals surface area (Å²) in [5.41, 5.74) is 7.12. The van der Waals surface area contributed by atoms with Gasteiger partial charge < -0.3 is 10.6 Å². The minimum Gasteiger partial charge on any atom is -0.370 e. The van der Waals surface area contributed by atoms with Crippen molar-refractivity contribution in [3.63, 3.8) is 0 Å². The number of nitrogens with two attached hydrogens (primary N) is 1. The van der Waals surface area contributed by atoms with E-state index in [0.29, 0.717) is 12.5 Å². The molecule has 5 heteroatoms. The Balaban J connectivity index is 2.18. The normalized spacial score (nSPS) is 18.2. The lowest BCUT2D eigenvalue weighted by atomic mass is 10.1. The molecule has 110 valence electrons. The fourth-order valence-electron chi connectivity index (χ4n) is 2.52.